The van der Waals surface area contributed by atoms with Crippen LogP contribution in [0.1, 0.15) is 27.2 Å². The molecule has 6 heteroatoms. The van der Waals surface area contributed by atoms with E-state index < -0.39 is 0 Å². The third-order valence-electron chi connectivity index (χ3n) is 2.06. The van der Waals surface area contributed by atoms with E-state index in [0.29, 0.717) is 22.2 Å². The molecule has 0 heterocycles. The van der Waals surface area contributed by atoms with Crippen molar-refractivity contribution in [3.8, 4) is 0 Å². The molecule has 1 aromatic rings. The SMILES string of the molecule is CC(C)(C)CC(=O)NC(=S)Nc1cc(Cl)cc(Cl)c1. The highest BCUT2D eigenvalue weighted by molar-refractivity contribution is 7.80. The van der Waals surface area contributed by atoms with Crippen molar-refractivity contribution in [1.29, 1.82) is 0 Å². The predicted octanol–water partition coefficient (Wildman–Crippen LogP) is 4.24. The first kappa shape index (κ1) is 16.2. The van der Waals surface area contributed by atoms with Gasteiger partial charge in [0.15, 0.2) is 5.11 Å². The van der Waals surface area contributed by atoms with Gasteiger partial charge in [-0.05, 0) is 35.8 Å². The summed E-state index contributed by atoms with van der Waals surface area (Å²) in [6, 6.07) is 4.97. The lowest BCUT2D eigenvalue weighted by molar-refractivity contribution is -0.121. The number of halogens is 2. The fraction of sp³-hybridized carbons (Fsp3) is 0.385. The van der Waals surface area contributed by atoms with Gasteiger partial charge in [0.25, 0.3) is 0 Å². The second-order valence-electron chi connectivity index (χ2n) is 5.40. The third kappa shape index (κ3) is 6.76. The standard InChI is InChI=1S/C13H16Cl2N2OS/c1-13(2,3)7-11(18)17-12(19)16-10-5-8(14)4-9(15)6-10/h4-6H,7H2,1-3H3,(H2,16,17,18,19). The van der Waals surface area contributed by atoms with Crippen LogP contribution in [0.4, 0.5) is 5.69 Å². The number of rotatable bonds is 2. The molecule has 1 aromatic carbocycles. The van der Waals surface area contributed by atoms with Crippen LogP contribution in [0.2, 0.25) is 10.0 Å². The summed E-state index contributed by atoms with van der Waals surface area (Å²) in [5.74, 6) is -0.127. The molecule has 104 valence electrons. The Morgan fingerprint density at radius 2 is 1.74 bits per heavy atom. The summed E-state index contributed by atoms with van der Waals surface area (Å²) in [5, 5.41) is 6.72. The first-order chi connectivity index (χ1) is 8.65. The Morgan fingerprint density at radius 3 is 2.21 bits per heavy atom. The largest absolute Gasteiger partial charge is 0.332 e. The quantitative estimate of drug-likeness (QED) is 0.801. The molecule has 0 aliphatic rings. The van der Waals surface area contributed by atoms with Crippen LogP contribution >= 0.6 is 35.4 Å². The van der Waals surface area contributed by atoms with Crippen molar-refractivity contribution in [3.05, 3.63) is 28.2 Å². The molecule has 0 atom stereocenters. The van der Waals surface area contributed by atoms with Gasteiger partial charge in [0.1, 0.15) is 0 Å². The molecule has 0 aromatic heterocycles. The van der Waals surface area contributed by atoms with Crippen LogP contribution in [0.15, 0.2) is 18.2 Å². The van der Waals surface area contributed by atoms with Crippen LogP contribution in [0, 0.1) is 5.41 Å². The van der Waals surface area contributed by atoms with Crippen molar-refractivity contribution in [2.24, 2.45) is 5.41 Å². The van der Waals surface area contributed by atoms with Gasteiger partial charge >= 0.3 is 0 Å². The van der Waals surface area contributed by atoms with Gasteiger partial charge in [-0.2, -0.15) is 0 Å². The summed E-state index contributed by atoms with van der Waals surface area (Å²) in [5.41, 5.74) is 0.553. The predicted molar refractivity (Wildman–Crippen MR) is 84.9 cm³/mol. The van der Waals surface area contributed by atoms with Crippen molar-refractivity contribution in [1.82, 2.24) is 5.32 Å². The van der Waals surface area contributed by atoms with E-state index in [4.69, 9.17) is 35.4 Å². The van der Waals surface area contributed by atoms with E-state index in [0.717, 1.165) is 0 Å². The summed E-state index contributed by atoms with van der Waals surface area (Å²) in [7, 11) is 0. The Labute approximate surface area is 128 Å². The summed E-state index contributed by atoms with van der Waals surface area (Å²) >= 11 is 16.8. The second-order valence-corrected chi connectivity index (χ2v) is 6.68. The zero-order valence-corrected chi connectivity index (χ0v) is 13.3. The van der Waals surface area contributed by atoms with Gasteiger partial charge in [-0.3, -0.25) is 4.79 Å². The zero-order chi connectivity index (χ0) is 14.6. The highest BCUT2D eigenvalue weighted by Crippen LogP contribution is 2.22. The maximum absolute atomic E-state index is 11.7. The first-order valence-corrected chi connectivity index (χ1v) is 6.89. The molecule has 0 aliphatic carbocycles. The van der Waals surface area contributed by atoms with E-state index in [1.54, 1.807) is 18.2 Å². The van der Waals surface area contributed by atoms with Crippen LogP contribution in [0.25, 0.3) is 0 Å². The van der Waals surface area contributed by atoms with Gasteiger partial charge in [0.2, 0.25) is 5.91 Å². The van der Waals surface area contributed by atoms with E-state index in [-0.39, 0.29) is 16.4 Å². The van der Waals surface area contributed by atoms with E-state index in [1.807, 2.05) is 20.8 Å². The molecule has 0 saturated carbocycles. The number of hydrogen-bond donors (Lipinski definition) is 2. The Balaban J connectivity index is 2.58. The lowest BCUT2D eigenvalue weighted by Crippen LogP contribution is -2.36. The molecular formula is C13H16Cl2N2OS. The molecule has 2 N–H and O–H groups in total. The molecule has 0 radical (unpaired) electrons. The fourth-order valence-corrected chi connectivity index (χ4v) is 2.20. The molecule has 3 nitrogen and oxygen atoms in total. The fourth-order valence-electron chi connectivity index (χ4n) is 1.44. The smallest absolute Gasteiger partial charge is 0.226 e. The number of anilines is 1. The van der Waals surface area contributed by atoms with E-state index in [9.17, 15) is 4.79 Å². The maximum atomic E-state index is 11.7. The highest BCUT2D eigenvalue weighted by atomic mass is 35.5. The molecule has 0 bridgehead atoms. The Kier molecular flexibility index (Phi) is 5.59. The lowest BCUT2D eigenvalue weighted by atomic mass is 9.92. The van der Waals surface area contributed by atoms with Crippen molar-refractivity contribution in [2.75, 3.05) is 5.32 Å². The van der Waals surface area contributed by atoms with Gasteiger partial charge in [-0.15, -0.1) is 0 Å². The molecule has 19 heavy (non-hydrogen) atoms. The van der Waals surface area contributed by atoms with E-state index in [2.05, 4.69) is 10.6 Å². The number of carbonyl (C=O) groups is 1. The maximum Gasteiger partial charge on any atom is 0.226 e. The van der Waals surface area contributed by atoms with Crippen molar-refractivity contribution in [2.45, 2.75) is 27.2 Å². The summed E-state index contributed by atoms with van der Waals surface area (Å²) in [4.78, 5) is 11.7. The highest BCUT2D eigenvalue weighted by Gasteiger charge is 2.16. The molecule has 1 amide bonds. The molecule has 0 spiro atoms. The molecule has 0 aliphatic heterocycles. The first-order valence-electron chi connectivity index (χ1n) is 5.73. The summed E-state index contributed by atoms with van der Waals surface area (Å²) in [6.45, 7) is 5.96. The number of carbonyl (C=O) groups excluding carboxylic acids is 1. The minimum atomic E-state index is -0.127. The molecular weight excluding hydrogens is 303 g/mol. The van der Waals surface area contributed by atoms with E-state index >= 15 is 0 Å². The Hall–Kier alpha value is -0.840. The van der Waals surface area contributed by atoms with Gasteiger partial charge in [-0.25, -0.2) is 0 Å². The molecule has 0 unspecified atom stereocenters. The summed E-state index contributed by atoms with van der Waals surface area (Å²) in [6.07, 6.45) is 0.394. The van der Waals surface area contributed by atoms with Crippen LogP contribution < -0.4 is 10.6 Å². The van der Waals surface area contributed by atoms with Gasteiger partial charge in [0.05, 0.1) is 0 Å². The molecule has 0 fully saturated rings. The lowest BCUT2D eigenvalue weighted by Gasteiger charge is -2.17. The van der Waals surface area contributed by atoms with E-state index in [1.165, 1.54) is 0 Å². The Morgan fingerprint density at radius 1 is 1.21 bits per heavy atom. The molecule has 1 rings (SSSR count). The van der Waals surface area contributed by atoms with Crippen LogP contribution in [0.3, 0.4) is 0 Å². The minimum absolute atomic E-state index is 0.0843. The second kappa shape index (κ2) is 6.55. The Bertz CT molecular complexity index is 478. The van der Waals surface area contributed by atoms with Crippen LogP contribution in [-0.2, 0) is 4.79 Å². The van der Waals surface area contributed by atoms with Gasteiger partial charge in [-0.1, -0.05) is 44.0 Å². The average Bonchev–Trinajstić information content (AvgIpc) is 2.10. The monoisotopic (exact) mass is 318 g/mol. The van der Waals surface area contributed by atoms with Crippen molar-refractivity contribution >= 4 is 52.1 Å². The average molecular weight is 319 g/mol. The third-order valence-corrected chi connectivity index (χ3v) is 2.70. The normalized spacial score (nSPS) is 11.0. The number of nitrogens with one attached hydrogen (secondary N) is 2. The topological polar surface area (TPSA) is 41.1 Å². The number of hydrogen-bond acceptors (Lipinski definition) is 2. The minimum Gasteiger partial charge on any atom is -0.332 e. The summed E-state index contributed by atoms with van der Waals surface area (Å²) < 4.78 is 0. The number of benzene rings is 1. The zero-order valence-electron chi connectivity index (χ0n) is 11.0. The van der Waals surface area contributed by atoms with Gasteiger partial charge in [0, 0.05) is 22.2 Å². The molecule has 0 saturated heterocycles. The number of thiocarbonyl (C=S) groups is 1. The van der Waals surface area contributed by atoms with Crippen LogP contribution in [0.5, 0.6) is 0 Å². The van der Waals surface area contributed by atoms with Gasteiger partial charge < -0.3 is 10.6 Å². The van der Waals surface area contributed by atoms with Crippen molar-refractivity contribution in [3.63, 3.8) is 0 Å². The number of amides is 1. The van der Waals surface area contributed by atoms with Crippen molar-refractivity contribution < 1.29 is 4.79 Å². The van der Waals surface area contributed by atoms with Crippen LogP contribution in [-0.4, -0.2) is 11.0 Å².